The maximum Gasteiger partial charge on any atom is 0.416 e. The van der Waals surface area contributed by atoms with Crippen LogP contribution in [0.3, 0.4) is 0 Å². The van der Waals surface area contributed by atoms with Gasteiger partial charge in [0.05, 0.1) is 22.0 Å². The van der Waals surface area contributed by atoms with Crippen LogP contribution in [0.5, 0.6) is 0 Å². The van der Waals surface area contributed by atoms with Crippen molar-refractivity contribution < 1.29 is 32.5 Å². The molecule has 0 N–H and O–H groups in total. The molecule has 1 aliphatic rings. The number of carbonyl (C=O) groups excluding carboxylic acids is 1. The summed E-state index contributed by atoms with van der Waals surface area (Å²) in [5.41, 5.74) is -4.27. The number of halogens is 3. The first-order chi connectivity index (χ1) is 12.6. The molecule has 9 nitrogen and oxygen atoms in total. The number of anilines is 1. The highest BCUT2D eigenvalue weighted by molar-refractivity contribution is 5.85. The molecule has 1 heterocycles. The standard InChI is InChI=1S/C15H16F3N3O6/c1-2-27-14(22)10-5-3-4-6-19(10)13-11(20(23)24)7-9(15(16,17)18)8-12(13)21(25)26/h7-8,10H,2-6H2,1H3. The molecular weight excluding hydrogens is 375 g/mol. The summed E-state index contributed by atoms with van der Waals surface area (Å²) in [5, 5.41) is 22.8. The van der Waals surface area contributed by atoms with E-state index in [0.717, 1.165) is 4.90 Å². The maximum atomic E-state index is 13.0. The van der Waals surface area contributed by atoms with Crippen molar-refractivity contribution in [3.8, 4) is 0 Å². The summed E-state index contributed by atoms with van der Waals surface area (Å²) < 4.78 is 44.0. The van der Waals surface area contributed by atoms with Gasteiger partial charge >= 0.3 is 12.1 Å². The molecule has 2 rings (SSSR count). The van der Waals surface area contributed by atoms with E-state index >= 15 is 0 Å². The van der Waals surface area contributed by atoms with Crippen LogP contribution in [0.2, 0.25) is 0 Å². The number of hydrogen-bond donors (Lipinski definition) is 0. The number of alkyl halides is 3. The Kier molecular flexibility index (Phi) is 5.86. The minimum absolute atomic E-state index is 0.0281. The molecule has 0 bridgehead atoms. The van der Waals surface area contributed by atoms with Crippen LogP contribution in [0.25, 0.3) is 0 Å². The van der Waals surface area contributed by atoms with Gasteiger partial charge in [0.25, 0.3) is 11.4 Å². The molecule has 1 saturated heterocycles. The number of benzene rings is 1. The van der Waals surface area contributed by atoms with Crippen LogP contribution in [0.4, 0.5) is 30.2 Å². The van der Waals surface area contributed by atoms with Gasteiger partial charge in [0.2, 0.25) is 0 Å². The summed E-state index contributed by atoms with van der Waals surface area (Å²) in [6.45, 7) is 1.62. The van der Waals surface area contributed by atoms with Crippen molar-refractivity contribution in [3.05, 3.63) is 37.9 Å². The Morgan fingerprint density at radius 3 is 2.22 bits per heavy atom. The summed E-state index contributed by atoms with van der Waals surface area (Å²) in [6, 6.07) is -0.550. The SMILES string of the molecule is CCOC(=O)C1CCCCN1c1c([N+](=O)[O-])cc(C(F)(F)F)cc1[N+](=O)[O-]. The summed E-state index contributed by atoms with van der Waals surface area (Å²) in [4.78, 5) is 33.8. The lowest BCUT2D eigenvalue weighted by Crippen LogP contribution is -2.46. The molecule has 0 saturated carbocycles. The third-order valence-corrected chi connectivity index (χ3v) is 4.14. The molecule has 0 radical (unpaired) electrons. The minimum Gasteiger partial charge on any atom is -0.464 e. The third kappa shape index (κ3) is 4.26. The molecule has 1 atom stereocenters. The van der Waals surface area contributed by atoms with Crippen LogP contribution in [0.15, 0.2) is 12.1 Å². The molecule has 0 aliphatic carbocycles. The monoisotopic (exact) mass is 391 g/mol. The van der Waals surface area contributed by atoms with Gasteiger partial charge in [0.1, 0.15) is 6.04 Å². The maximum absolute atomic E-state index is 13.0. The molecule has 1 unspecified atom stereocenters. The molecule has 1 fully saturated rings. The van der Waals surface area contributed by atoms with Crippen molar-refractivity contribution in [2.24, 2.45) is 0 Å². The van der Waals surface area contributed by atoms with E-state index in [1.54, 1.807) is 6.92 Å². The van der Waals surface area contributed by atoms with Crippen LogP contribution >= 0.6 is 0 Å². The number of esters is 1. The third-order valence-electron chi connectivity index (χ3n) is 4.14. The van der Waals surface area contributed by atoms with Gasteiger partial charge in [-0.15, -0.1) is 0 Å². The molecule has 27 heavy (non-hydrogen) atoms. The molecular formula is C15H16F3N3O6. The van der Waals surface area contributed by atoms with Crippen LogP contribution in [-0.2, 0) is 15.7 Å². The zero-order valence-corrected chi connectivity index (χ0v) is 14.2. The normalized spacial score (nSPS) is 17.5. The smallest absolute Gasteiger partial charge is 0.416 e. The van der Waals surface area contributed by atoms with E-state index < -0.39 is 50.7 Å². The number of nitrogens with zero attached hydrogens (tertiary/aromatic N) is 3. The van der Waals surface area contributed by atoms with Crippen LogP contribution in [-0.4, -0.2) is 35.0 Å². The Balaban J connectivity index is 2.70. The van der Waals surface area contributed by atoms with Crippen molar-refractivity contribution in [1.82, 2.24) is 0 Å². The van der Waals surface area contributed by atoms with Gasteiger partial charge in [-0.3, -0.25) is 20.2 Å². The van der Waals surface area contributed by atoms with E-state index in [1.165, 1.54) is 0 Å². The highest BCUT2D eigenvalue weighted by Gasteiger charge is 2.42. The summed E-state index contributed by atoms with van der Waals surface area (Å²) >= 11 is 0. The van der Waals surface area contributed by atoms with Gasteiger partial charge in [-0.25, -0.2) is 4.79 Å². The Morgan fingerprint density at radius 2 is 1.78 bits per heavy atom. The fourth-order valence-electron chi connectivity index (χ4n) is 3.02. The highest BCUT2D eigenvalue weighted by atomic mass is 19.4. The summed E-state index contributed by atoms with van der Waals surface area (Å²) in [6.07, 6.45) is -3.75. The quantitative estimate of drug-likeness (QED) is 0.429. The number of nitro benzene ring substituents is 2. The van der Waals surface area contributed by atoms with Crippen molar-refractivity contribution in [3.63, 3.8) is 0 Å². The molecule has 0 amide bonds. The second-order valence-corrected chi connectivity index (χ2v) is 5.83. The molecule has 0 spiro atoms. The van der Waals surface area contributed by atoms with Gasteiger partial charge in [-0.05, 0) is 26.2 Å². The Bertz CT molecular complexity index is 733. The summed E-state index contributed by atoms with van der Waals surface area (Å²) in [7, 11) is 0. The highest BCUT2D eigenvalue weighted by Crippen LogP contribution is 2.44. The predicted octanol–water partition coefficient (Wildman–Crippen LogP) is 3.44. The molecule has 1 aliphatic heterocycles. The van der Waals surface area contributed by atoms with Crippen molar-refractivity contribution in [1.29, 1.82) is 0 Å². The van der Waals surface area contributed by atoms with E-state index in [1.807, 2.05) is 0 Å². The van der Waals surface area contributed by atoms with Gasteiger partial charge < -0.3 is 9.64 Å². The number of nitro groups is 2. The Hall–Kier alpha value is -2.92. The fourth-order valence-corrected chi connectivity index (χ4v) is 3.02. The van der Waals surface area contributed by atoms with Crippen LogP contribution < -0.4 is 4.90 Å². The molecule has 148 valence electrons. The molecule has 1 aromatic carbocycles. The number of rotatable bonds is 5. The second-order valence-electron chi connectivity index (χ2n) is 5.83. The zero-order chi connectivity index (χ0) is 20.4. The molecule has 12 heteroatoms. The van der Waals surface area contributed by atoms with E-state index in [2.05, 4.69) is 0 Å². The largest absolute Gasteiger partial charge is 0.464 e. The van der Waals surface area contributed by atoms with Crippen molar-refractivity contribution >= 4 is 23.0 Å². The number of ether oxygens (including phenoxy) is 1. The first-order valence-corrected chi connectivity index (χ1v) is 8.05. The topological polar surface area (TPSA) is 116 Å². The first kappa shape index (κ1) is 20.4. The van der Waals surface area contributed by atoms with E-state index in [0.29, 0.717) is 12.8 Å². The zero-order valence-electron chi connectivity index (χ0n) is 14.2. The van der Waals surface area contributed by atoms with Crippen LogP contribution in [0.1, 0.15) is 31.7 Å². The van der Waals surface area contributed by atoms with Crippen molar-refractivity contribution in [2.75, 3.05) is 18.1 Å². The average molecular weight is 391 g/mol. The van der Waals surface area contributed by atoms with E-state index in [-0.39, 0.29) is 31.7 Å². The van der Waals surface area contributed by atoms with Gasteiger partial charge in [-0.2, -0.15) is 13.2 Å². The van der Waals surface area contributed by atoms with E-state index in [4.69, 9.17) is 4.74 Å². The van der Waals surface area contributed by atoms with Crippen LogP contribution in [0, 0.1) is 20.2 Å². The van der Waals surface area contributed by atoms with Gasteiger partial charge in [0.15, 0.2) is 5.69 Å². The lowest BCUT2D eigenvalue weighted by Gasteiger charge is -2.35. The van der Waals surface area contributed by atoms with Crippen molar-refractivity contribution in [2.45, 2.75) is 38.4 Å². The minimum atomic E-state index is -5.00. The van der Waals surface area contributed by atoms with E-state index in [9.17, 15) is 38.2 Å². The first-order valence-electron chi connectivity index (χ1n) is 8.05. The average Bonchev–Trinajstić information content (AvgIpc) is 2.59. The molecule has 0 aromatic heterocycles. The molecule has 1 aromatic rings. The Morgan fingerprint density at radius 1 is 1.22 bits per heavy atom. The summed E-state index contributed by atoms with van der Waals surface area (Å²) in [5.74, 6) is -0.735. The van der Waals surface area contributed by atoms with Gasteiger partial charge in [0, 0.05) is 18.7 Å². The lowest BCUT2D eigenvalue weighted by molar-refractivity contribution is -0.393. The number of piperidine rings is 1. The van der Waals surface area contributed by atoms with Gasteiger partial charge in [-0.1, -0.05) is 0 Å². The number of carbonyl (C=O) groups is 1. The lowest BCUT2D eigenvalue weighted by atomic mass is 9.99. The number of hydrogen-bond acceptors (Lipinski definition) is 7. The fraction of sp³-hybridized carbons (Fsp3) is 0.533. The second kappa shape index (κ2) is 7.76. The predicted molar refractivity (Wildman–Crippen MR) is 86.4 cm³/mol. The Labute approximate surface area is 151 Å².